The zero-order valence-corrected chi connectivity index (χ0v) is 21.3. The standard InChI is InChI=1S/C26H28N2O4S2/c1-17-5-7-21(19(3)13-17)16-34(30,31)23-10-8-22(9-11-23)27-26(33)28-25(29)15-32-24-12-6-18(2)14-20(24)4/h5-14H,15-16H2,1-4H3,(H2,27,28,29,33). The first-order valence-electron chi connectivity index (χ1n) is 10.7. The molecule has 0 aliphatic carbocycles. The summed E-state index contributed by atoms with van der Waals surface area (Å²) in [6.07, 6.45) is 0. The molecule has 1 amide bonds. The van der Waals surface area contributed by atoms with Crippen molar-refractivity contribution in [1.82, 2.24) is 5.32 Å². The number of aryl methyl sites for hydroxylation is 4. The summed E-state index contributed by atoms with van der Waals surface area (Å²) in [5, 5.41) is 5.54. The quantitative estimate of drug-likeness (QED) is 0.458. The fourth-order valence-electron chi connectivity index (χ4n) is 3.47. The summed E-state index contributed by atoms with van der Waals surface area (Å²) >= 11 is 5.19. The van der Waals surface area contributed by atoms with E-state index >= 15 is 0 Å². The summed E-state index contributed by atoms with van der Waals surface area (Å²) in [7, 11) is -3.50. The summed E-state index contributed by atoms with van der Waals surface area (Å²) in [6, 6.07) is 17.7. The van der Waals surface area contributed by atoms with Crippen molar-refractivity contribution in [3.63, 3.8) is 0 Å². The maximum absolute atomic E-state index is 12.8. The highest BCUT2D eigenvalue weighted by Crippen LogP contribution is 2.21. The van der Waals surface area contributed by atoms with Gasteiger partial charge >= 0.3 is 0 Å². The zero-order valence-electron chi connectivity index (χ0n) is 19.6. The number of hydrogen-bond acceptors (Lipinski definition) is 5. The first-order valence-corrected chi connectivity index (χ1v) is 12.8. The van der Waals surface area contributed by atoms with E-state index in [0.29, 0.717) is 11.4 Å². The van der Waals surface area contributed by atoms with E-state index in [1.165, 1.54) is 12.1 Å². The third-order valence-electron chi connectivity index (χ3n) is 5.26. The fraction of sp³-hybridized carbons (Fsp3) is 0.231. The van der Waals surface area contributed by atoms with Crippen molar-refractivity contribution in [1.29, 1.82) is 0 Å². The van der Waals surface area contributed by atoms with Crippen molar-refractivity contribution in [3.05, 3.63) is 88.5 Å². The van der Waals surface area contributed by atoms with Crippen LogP contribution in [0.2, 0.25) is 0 Å². The van der Waals surface area contributed by atoms with Crippen LogP contribution in [-0.2, 0) is 20.4 Å². The maximum atomic E-state index is 12.8. The van der Waals surface area contributed by atoms with Gasteiger partial charge in [-0.05, 0) is 86.9 Å². The van der Waals surface area contributed by atoms with E-state index in [-0.39, 0.29) is 22.4 Å². The molecule has 2 N–H and O–H groups in total. The van der Waals surface area contributed by atoms with Gasteiger partial charge < -0.3 is 10.1 Å². The van der Waals surface area contributed by atoms with Crippen LogP contribution in [-0.4, -0.2) is 26.0 Å². The fourth-order valence-corrected chi connectivity index (χ4v) is 5.15. The highest BCUT2D eigenvalue weighted by Gasteiger charge is 2.17. The number of sulfone groups is 1. The Morgan fingerprint density at radius 2 is 1.50 bits per heavy atom. The minimum Gasteiger partial charge on any atom is -0.483 e. The van der Waals surface area contributed by atoms with E-state index in [2.05, 4.69) is 10.6 Å². The molecular weight excluding hydrogens is 468 g/mol. The lowest BCUT2D eigenvalue weighted by Crippen LogP contribution is -2.37. The summed E-state index contributed by atoms with van der Waals surface area (Å²) in [5.74, 6) is 0.170. The second kappa shape index (κ2) is 10.8. The van der Waals surface area contributed by atoms with Crippen molar-refractivity contribution in [2.24, 2.45) is 0 Å². The number of anilines is 1. The number of carbonyl (C=O) groups is 1. The molecule has 8 heteroatoms. The molecule has 0 saturated heterocycles. The summed E-state index contributed by atoms with van der Waals surface area (Å²) in [6.45, 7) is 7.61. The Labute approximate surface area is 206 Å². The number of benzene rings is 3. The van der Waals surface area contributed by atoms with Gasteiger partial charge in [0.05, 0.1) is 10.6 Å². The summed E-state index contributed by atoms with van der Waals surface area (Å²) in [4.78, 5) is 12.4. The number of rotatable bonds is 7. The predicted molar refractivity (Wildman–Crippen MR) is 139 cm³/mol. The van der Waals surface area contributed by atoms with Gasteiger partial charge in [-0.25, -0.2) is 8.42 Å². The van der Waals surface area contributed by atoms with Crippen LogP contribution < -0.4 is 15.4 Å². The molecular formula is C26H28N2O4S2. The molecule has 0 heterocycles. The van der Waals surface area contributed by atoms with Gasteiger partial charge in [0.15, 0.2) is 21.6 Å². The lowest BCUT2D eigenvalue weighted by molar-refractivity contribution is -0.121. The molecule has 6 nitrogen and oxygen atoms in total. The highest BCUT2D eigenvalue weighted by molar-refractivity contribution is 7.90. The van der Waals surface area contributed by atoms with Crippen molar-refractivity contribution < 1.29 is 17.9 Å². The normalized spacial score (nSPS) is 11.1. The minimum absolute atomic E-state index is 0.0686. The zero-order chi connectivity index (χ0) is 24.9. The van der Waals surface area contributed by atoms with Gasteiger partial charge in [-0.2, -0.15) is 0 Å². The average molecular weight is 497 g/mol. The SMILES string of the molecule is Cc1ccc(CS(=O)(=O)c2ccc(NC(=S)NC(=O)COc3ccc(C)cc3C)cc2)c(C)c1. The molecule has 0 radical (unpaired) electrons. The van der Waals surface area contributed by atoms with Crippen LogP contribution in [0.25, 0.3) is 0 Å². The molecule has 34 heavy (non-hydrogen) atoms. The molecule has 0 bridgehead atoms. The molecule has 0 fully saturated rings. The van der Waals surface area contributed by atoms with Crippen LogP contribution in [0.4, 0.5) is 5.69 Å². The predicted octanol–water partition coefficient (Wildman–Crippen LogP) is 4.79. The van der Waals surface area contributed by atoms with E-state index in [9.17, 15) is 13.2 Å². The number of carbonyl (C=O) groups excluding carboxylic acids is 1. The van der Waals surface area contributed by atoms with Gasteiger partial charge in [0.2, 0.25) is 0 Å². The third-order valence-corrected chi connectivity index (χ3v) is 7.14. The Balaban J connectivity index is 1.55. The lowest BCUT2D eigenvalue weighted by atomic mass is 10.1. The Bertz CT molecular complexity index is 1320. The second-order valence-electron chi connectivity index (χ2n) is 8.27. The molecule has 3 aromatic rings. The van der Waals surface area contributed by atoms with Gasteiger partial charge in [0.1, 0.15) is 5.75 Å². The van der Waals surface area contributed by atoms with Crippen LogP contribution in [0, 0.1) is 27.7 Å². The minimum atomic E-state index is -3.50. The average Bonchev–Trinajstić information content (AvgIpc) is 2.75. The van der Waals surface area contributed by atoms with Crippen LogP contribution >= 0.6 is 12.2 Å². The van der Waals surface area contributed by atoms with E-state index < -0.39 is 15.7 Å². The van der Waals surface area contributed by atoms with Crippen LogP contribution in [0.3, 0.4) is 0 Å². The summed E-state index contributed by atoms with van der Waals surface area (Å²) in [5.41, 5.74) is 5.44. The smallest absolute Gasteiger partial charge is 0.264 e. The maximum Gasteiger partial charge on any atom is 0.264 e. The molecule has 3 aromatic carbocycles. The van der Waals surface area contributed by atoms with Crippen molar-refractivity contribution in [3.8, 4) is 5.75 Å². The van der Waals surface area contributed by atoms with E-state index in [1.807, 2.05) is 64.1 Å². The van der Waals surface area contributed by atoms with Crippen molar-refractivity contribution in [2.75, 3.05) is 11.9 Å². The number of hydrogen-bond donors (Lipinski definition) is 2. The number of thiocarbonyl (C=S) groups is 1. The van der Waals surface area contributed by atoms with Gasteiger partial charge in [0.25, 0.3) is 5.91 Å². The van der Waals surface area contributed by atoms with Crippen molar-refractivity contribution in [2.45, 2.75) is 38.3 Å². The molecule has 0 aromatic heterocycles. The van der Waals surface area contributed by atoms with E-state index in [1.54, 1.807) is 12.1 Å². The molecule has 0 unspecified atom stereocenters. The van der Waals surface area contributed by atoms with Gasteiger partial charge in [0, 0.05) is 5.69 Å². The first-order chi connectivity index (χ1) is 16.0. The highest BCUT2D eigenvalue weighted by atomic mass is 32.2. The van der Waals surface area contributed by atoms with Crippen LogP contribution in [0.15, 0.2) is 65.6 Å². The first kappa shape index (κ1) is 25.4. The molecule has 0 atom stereocenters. The lowest BCUT2D eigenvalue weighted by Gasteiger charge is -2.12. The molecule has 3 rings (SSSR count). The number of nitrogens with one attached hydrogen (secondary N) is 2. The topological polar surface area (TPSA) is 84.5 Å². The summed E-state index contributed by atoms with van der Waals surface area (Å²) < 4.78 is 31.2. The Morgan fingerprint density at radius 1 is 0.882 bits per heavy atom. The molecule has 0 saturated carbocycles. The van der Waals surface area contributed by atoms with Gasteiger partial charge in [-0.3, -0.25) is 10.1 Å². The second-order valence-corrected chi connectivity index (χ2v) is 10.7. The number of ether oxygens (including phenoxy) is 1. The Morgan fingerprint density at radius 3 is 2.12 bits per heavy atom. The molecule has 0 aliphatic rings. The number of amides is 1. The van der Waals surface area contributed by atoms with E-state index in [4.69, 9.17) is 17.0 Å². The molecule has 178 valence electrons. The van der Waals surface area contributed by atoms with Crippen molar-refractivity contribution >= 4 is 38.8 Å². The molecule has 0 spiro atoms. The Hall–Kier alpha value is -3.23. The van der Waals surface area contributed by atoms with Crippen LogP contribution in [0.5, 0.6) is 5.75 Å². The monoisotopic (exact) mass is 496 g/mol. The molecule has 0 aliphatic heterocycles. The van der Waals surface area contributed by atoms with E-state index in [0.717, 1.165) is 27.8 Å². The van der Waals surface area contributed by atoms with Gasteiger partial charge in [-0.1, -0.05) is 41.5 Å². The largest absolute Gasteiger partial charge is 0.483 e. The Kier molecular flexibility index (Phi) is 8.06. The van der Waals surface area contributed by atoms with Gasteiger partial charge in [-0.15, -0.1) is 0 Å². The third kappa shape index (κ3) is 6.88. The van der Waals surface area contributed by atoms with Crippen LogP contribution in [0.1, 0.15) is 27.8 Å².